The zero-order valence-corrected chi connectivity index (χ0v) is 7.01. The maximum atomic E-state index is 5.68. The monoisotopic (exact) mass is 152 g/mol. The van der Waals surface area contributed by atoms with Crippen LogP contribution in [0, 0.1) is 5.41 Å². The van der Waals surface area contributed by atoms with Crippen LogP contribution in [0.3, 0.4) is 0 Å². The Hall–Kier alpha value is -0.300. The molecular formula is C10H16O. The molecule has 0 bridgehead atoms. The van der Waals surface area contributed by atoms with Crippen LogP contribution in [-0.4, -0.2) is 12.7 Å². The molecule has 0 aromatic heterocycles. The molecule has 1 heteroatoms. The van der Waals surface area contributed by atoms with Crippen LogP contribution in [0.1, 0.15) is 32.1 Å². The maximum Gasteiger partial charge on any atom is 0.0635 e. The molecule has 1 heterocycles. The Kier molecular flexibility index (Phi) is 1.76. The zero-order valence-electron chi connectivity index (χ0n) is 7.01. The molecule has 1 saturated carbocycles. The minimum Gasteiger partial charge on any atom is -0.378 e. The first-order valence-corrected chi connectivity index (χ1v) is 4.60. The van der Waals surface area contributed by atoms with Gasteiger partial charge in [0, 0.05) is 12.0 Å². The average Bonchev–Trinajstić information content (AvgIpc) is 2.45. The minimum absolute atomic E-state index is 0.516. The van der Waals surface area contributed by atoms with Gasteiger partial charge in [-0.25, -0.2) is 0 Å². The maximum absolute atomic E-state index is 5.68. The molecule has 2 atom stereocenters. The summed E-state index contributed by atoms with van der Waals surface area (Å²) < 4.78 is 5.68. The first kappa shape index (κ1) is 7.35. The molecule has 0 radical (unpaired) electrons. The van der Waals surface area contributed by atoms with Crippen LogP contribution in [-0.2, 0) is 4.74 Å². The fraction of sp³-hybridized carbons (Fsp3) is 0.800. The third-order valence-electron chi connectivity index (χ3n) is 3.29. The van der Waals surface area contributed by atoms with E-state index < -0.39 is 0 Å². The number of hydrogen-bond donors (Lipinski definition) is 0. The topological polar surface area (TPSA) is 9.23 Å². The zero-order chi connectivity index (χ0) is 7.73. The van der Waals surface area contributed by atoms with Crippen molar-refractivity contribution in [2.45, 2.75) is 38.2 Å². The third kappa shape index (κ3) is 1.02. The second-order valence-corrected chi connectivity index (χ2v) is 3.86. The van der Waals surface area contributed by atoms with E-state index in [1.165, 1.54) is 25.7 Å². The Morgan fingerprint density at radius 1 is 1.55 bits per heavy atom. The fourth-order valence-electron chi connectivity index (χ4n) is 2.68. The van der Waals surface area contributed by atoms with Crippen molar-refractivity contribution in [3.8, 4) is 0 Å². The van der Waals surface area contributed by atoms with Crippen molar-refractivity contribution in [3.05, 3.63) is 12.7 Å². The fourth-order valence-corrected chi connectivity index (χ4v) is 2.68. The second kappa shape index (κ2) is 2.63. The van der Waals surface area contributed by atoms with Gasteiger partial charge in [-0.15, -0.1) is 6.58 Å². The molecule has 2 aliphatic rings. The van der Waals surface area contributed by atoms with Crippen molar-refractivity contribution >= 4 is 0 Å². The van der Waals surface area contributed by atoms with E-state index in [9.17, 15) is 0 Å². The SMILES string of the molecule is C=CCC12CCCC1OCC2. The summed E-state index contributed by atoms with van der Waals surface area (Å²) in [7, 11) is 0. The summed E-state index contributed by atoms with van der Waals surface area (Å²) in [6.45, 7) is 4.81. The highest BCUT2D eigenvalue weighted by Crippen LogP contribution is 2.49. The molecule has 1 aliphatic carbocycles. The number of hydrogen-bond acceptors (Lipinski definition) is 1. The number of ether oxygens (including phenoxy) is 1. The van der Waals surface area contributed by atoms with E-state index in [1.54, 1.807) is 0 Å². The van der Waals surface area contributed by atoms with Crippen molar-refractivity contribution < 1.29 is 4.74 Å². The molecule has 0 N–H and O–H groups in total. The van der Waals surface area contributed by atoms with Gasteiger partial charge in [-0.05, 0) is 25.7 Å². The Morgan fingerprint density at radius 3 is 3.27 bits per heavy atom. The van der Waals surface area contributed by atoms with Gasteiger partial charge in [-0.3, -0.25) is 0 Å². The molecule has 1 nitrogen and oxygen atoms in total. The molecule has 0 aromatic rings. The summed E-state index contributed by atoms with van der Waals surface area (Å²) in [5.74, 6) is 0. The number of allylic oxidation sites excluding steroid dienone is 1. The summed E-state index contributed by atoms with van der Waals surface area (Å²) >= 11 is 0. The largest absolute Gasteiger partial charge is 0.378 e. The highest BCUT2D eigenvalue weighted by Gasteiger charge is 2.46. The summed E-state index contributed by atoms with van der Waals surface area (Å²) in [4.78, 5) is 0. The van der Waals surface area contributed by atoms with Crippen LogP contribution in [0.25, 0.3) is 0 Å². The van der Waals surface area contributed by atoms with E-state index in [0.717, 1.165) is 13.0 Å². The molecule has 62 valence electrons. The van der Waals surface area contributed by atoms with Crippen LogP contribution in [0.5, 0.6) is 0 Å². The molecular weight excluding hydrogens is 136 g/mol. The Bertz CT molecular complexity index is 152. The van der Waals surface area contributed by atoms with Gasteiger partial charge in [0.15, 0.2) is 0 Å². The Labute approximate surface area is 68.4 Å². The van der Waals surface area contributed by atoms with Gasteiger partial charge < -0.3 is 4.74 Å². The normalized spacial score (nSPS) is 42.4. The van der Waals surface area contributed by atoms with Crippen molar-refractivity contribution in [2.24, 2.45) is 5.41 Å². The van der Waals surface area contributed by atoms with E-state index in [1.807, 2.05) is 0 Å². The molecule has 2 unspecified atom stereocenters. The molecule has 0 aromatic carbocycles. The Morgan fingerprint density at radius 2 is 2.45 bits per heavy atom. The lowest BCUT2D eigenvalue weighted by Gasteiger charge is -2.25. The average molecular weight is 152 g/mol. The van der Waals surface area contributed by atoms with Gasteiger partial charge in [0.1, 0.15) is 0 Å². The highest BCUT2D eigenvalue weighted by molar-refractivity contribution is 4.99. The molecule has 0 spiro atoms. The van der Waals surface area contributed by atoms with E-state index in [-0.39, 0.29) is 0 Å². The Balaban J connectivity index is 2.13. The van der Waals surface area contributed by atoms with Crippen molar-refractivity contribution in [2.75, 3.05) is 6.61 Å². The van der Waals surface area contributed by atoms with Gasteiger partial charge in [-0.2, -0.15) is 0 Å². The molecule has 11 heavy (non-hydrogen) atoms. The number of rotatable bonds is 2. The molecule has 0 amide bonds. The summed E-state index contributed by atoms with van der Waals surface area (Å²) in [5, 5.41) is 0. The summed E-state index contributed by atoms with van der Waals surface area (Å²) in [6.07, 6.45) is 9.07. The first-order chi connectivity index (χ1) is 5.37. The predicted molar refractivity (Wildman–Crippen MR) is 45.5 cm³/mol. The van der Waals surface area contributed by atoms with Crippen LogP contribution >= 0.6 is 0 Å². The van der Waals surface area contributed by atoms with Gasteiger partial charge >= 0.3 is 0 Å². The first-order valence-electron chi connectivity index (χ1n) is 4.60. The second-order valence-electron chi connectivity index (χ2n) is 3.86. The van der Waals surface area contributed by atoms with Crippen molar-refractivity contribution in [3.63, 3.8) is 0 Å². The summed E-state index contributed by atoms with van der Waals surface area (Å²) in [5.41, 5.74) is 0.516. The van der Waals surface area contributed by atoms with Gasteiger partial charge in [0.05, 0.1) is 6.10 Å². The van der Waals surface area contributed by atoms with E-state index in [0.29, 0.717) is 11.5 Å². The molecule has 1 aliphatic heterocycles. The lowest BCUT2D eigenvalue weighted by Crippen LogP contribution is -2.23. The standard InChI is InChI=1S/C10H16O/c1-2-5-10-6-3-4-9(10)11-8-7-10/h2,9H,1,3-8H2. The van der Waals surface area contributed by atoms with Crippen LogP contribution in [0.15, 0.2) is 12.7 Å². The number of fused-ring (bicyclic) bond motifs is 1. The van der Waals surface area contributed by atoms with E-state index in [4.69, 9.17) is 4.74 Å². The van der Waals surface area contributed by atoms with Crippen LogP contribution < -0.4 is 0 Å². The van der Waals surface area contributed by atoms with E-state index in [2.05, 4.69) is 12.7 Å². The third-order valence-corrected chi connectivity index (χ3v) is 3.29. The van der Waals surface area contributed by atoms with Gasteiger partial charge in [0.2, 0.25) is 0 Å². The smallest absolute Gasteiger partial charge is 0.0635 e. The van der Waals surface area contributed by atoms with Gasteiger partial charge in [0.25, 0.3) is 0 Å². The van der Waals surface area contributed by atoms with Crippen molar-refractivity contribution in [1.29, 1.82) is 0 Å². The van der Waals surface area contributed by atoms with E-state index >= 15 is 0 Å². The lowest BCUT2D eigenvalue weighted by atomic mass is 9.80. The lowest BCUT2D eigenvalue weighted by molar-refractivity contribution is 0.0713. The molecule has 2 rings (SSSR count). The molecule has 1 saturated heterocycles. The van der Waals surface area contributed by atoms with Crippen molar-refractivity contribution in [1.82, 2.24) is 0 Å². The minimum atomic E-state index is 0.516. The quantitative estimate of drug-likeness (QED) is 0.552. The van der Waals surface area contributed by atoms with Crippen LogP contribution in [0.4, 0.5) is 0 Å². The van der Waals surface area contributed by atoms with Crippen LogP contribution in [0.2, 0.25) is 0 Å². The highest BCUT2D eigenvalue weighted by atomic mass is 16.5. The predicted octanol–water partition coefficient (Wildman–Crippen LogP) is 2.52. The summed E-state index contributed by atoms with van der Waals surface area (Å²) in [6, 6.07) is 0. The van der Waals surface area contributed by atoms with Gasteiger partial charge in [-0.1, -0.05) is 12.5 Å². The molecule has 2 fully saturated rings.